The van der Waals surface area contributed by atoms with Crippen LogP contribution >= 0.6 is 0 Å². The number of hydroxylamine groups is 2. The Hall–Kier alpha value is -2.00. The van der Waals surface area contributed by atoms with Gasteiger partial charge in [-0.05, 0) is 12.8 Å². The first-order valence-corrected chi connectivity index (χ1v) is 8.23. The fourth-order valence-electron chi connectivity index (χ4n) is 2.49. The van der Waals surface area contributed by atoms with Crippen LogP contribution in [0, 0.1) is 0 Å². The lowest BCUT2D eigenvalue weighted by atomic mass is 10.0. The van der Waals surface area contributed by atoms with Crippen molar-refractivity contribution < 1.29 is 36.7 Å². The minimum Gasteiger partial charge on any atom is -0.394 e. The zero-order chi connectivity index (χ0) is 18.1. The maximum Gasteiger partial charge on any atom is 0.418 e. The van der Waals surface area contributed by atoms with E-state index in [0.29, 0.717) is 5.06 Å². The van der Waals surface area contributed by atoms with Crippen molar-refractivity contribution in [2.45, 2.75) is 31.0 Å². The van der Waals surface area contributed by atoms with Gasteiger partial charge in [-0.3, -0.25) is 25.0 Å². The summed E-state index contributed by atoms with van der Waals surface area (Å²) in [7, 11) is -4.87. The van der Waals surface area contributed by atoms with E-state index in [0.717, 1.165) is 4.90 Å². The summed E-state index contributed by atoms with van der Waals surface area (Å²) in [5.41, 5.74) is 9.35. The summed E-state index contributed by atoms with van der Waals surface area (Å²) in [5, 5.41) is 9.22. The molecule has 136 valence electrons. The van der Waals surface area contributed by atoms with Crippen molar-refractivity contribution in [3.05, 3.63) is 0 Å². The Morgan fingerprint density at radius 2 is 2.04 bits per heavy atom. The zero-order valence-electron chi connectivity index (χ0n) is 12.3. The normalized spacial score (nSPS) is 24.7. The summed E-state index contributed by atoms with van der Waals surface area (Å²) in [6.45, 7) is -0.587. The summed E-state index contributed by atoms with van der Waals surface area (Å²) in [4.78, 5) is 36.6. The number of carbonyl (C=O) groups is 3. The lowest BCUT2D eigenvalue weighted by molar-refractivity contribution is -0.132. The second-order valence-electron chi connectivity index (χ2n) is 5.28. The number of aliphatic hydroxyl groups excluding tert-OH is 1. The molecule has 2 aliphatic rings. The third-order valence-corrected chi connectivity index (χ3v) is 3.99. The van der Waals surface area contributed by atoms with Crippen LogP contribution < -0.4 is 16.6 Å². The van der Waals surface area contributed by atoms with Crippen molar-refractivity contribution in [3.8, 4) is 0 Å². The number of hydrogen-bond acceptors (Lipinski definition) is 8. The van der Waals surface area contributed by atoms with Gasteiger partial charge in [0.2, 0.25) is 0 Å². The third-order valence-electron chi connectivity index (χ3n) is 3.64. The number of nitrogens with one attached hydrogen (secondary N) is 2. The Morgan fingerprint density at radius 1 is 1.38 bits per heavy atom. The van der Waals surface area contributed by atoms with E-state index >= 15 is 0 Å². The van der Waals surface area contributed by atoms with E-state index in [-0.39, 0.29) is 19.4 Å². The van der Waals surface area contributed by atoms with Gasteiger partial charge in [0.05, 0.1) is 12.6 Å². The Morgan fingerprint density at radius 3 is 2.62 bits per heavy atom. The summed E-state index contributed by atoms with van der Waals surface area (Å²) in [6, 6.07) is -3.70. The monoisotopic (exact) mass is 367 g/mol. The highest BCUT2D eigenvalue weighted by Crippen LogP contribution is 2.30. The smallest absolute Gasteiger partial charge is 0.394 e. The number of fused-ring (bicyclic) bond motifs is 2. The summed E-state index contributed by atoms with van der Waals surface area (Å²) < 4.78 is 34.4. The molecule has 2 heterocycles. The molecule has 14 heteroatoms. The predicted octanol–water partition coefficient (Wildman–Crippen LogP) is -3.54. The van der Waals surface area contributed by atoms with E-state index in [1.54, 1.807) is 0 Å². The van der Waals surface area contributed by atoms with Gasteiger partial charge < -0.3 is 15.7 Å². The second-order valence-corrected chi connectivity index (χ2v) is 6.28. The first-order chi connectivity index (χ1) is 11.1. The van der Waals surface area contributed by atoms with Crippen molar-refractivity contribution in [2.24, 2.45) is 5.73 Å². The van der Waals surface area contributed by atoms with Crippen LogP contribution in [0.2, 0.25) is 0 Å². The Bertz CT molecular complexity index is 639. The third kappa shape index (κ3) is 3.90. The van der Waals surface area contributed by atoms with Crippen molar-refractivity contribution in [1.82, 2.24) is 20.8 Å². The highest BCUT2D eigenvalue weighted by Gasteiger charge is 2.49. The lowest BCUT2D eigenvalue weighted by Gasteiger charge is -2.29. The van der Waals surface area contributed by atoms with Crippen LogP contribution in [0.1, 0.15) is 12.8 Å². The molecule has 3 atom stereocenters. The molecule has 4 amide bonds. The van der Waals surface area contributed by atoms with Gasteiger partial charge in [0.25, 0.3) is 11.8 Å². The summed E-state index contributed by atoms with van der Waals surface area (Å²) >= 11 is 0. The van der Waals surface area contributed by atoms with Gasteiger partial charge >= 0.3 is 16.4 Å². The van der Waals surface area contributed by atoms with Crippen molar-refractivity contribution in [2.75, 3.05) is 13.2 Å². The molecule has 0 aromatic heterocycles. The maximum absolute atomic E-state index is 12.1. The SMILES string of the molecule is N[C@@H](CO)C(=O)NNC(=O)[C@H]1CC[C@@H]2CN1C(=O)N2OS(=O)(=O)O. The molecule has 0 aromatic rings. The first-order valence-electron chi connectivity index (χ1n) is 6.87. The number of rotatable bonds is 5. The van der Waals surface area contributed by atoms with E-state index in [2.05, 4.69) is 9.71 Å². The molecular weight excluding hydrogens is 350 g/mol. The highest BCUT2D eigenvalue weighted by molar-refractivity contribution is 7.80. The average molecular weight is 367 g/mol. The fraction of sp³-hybridized carbons (Fsp3) is 0.700. The summed E-state index contributed by atoms with van der Waals surface area (Å²) in [5.74, 6) is -1.53. The van der Waals surface area contributed by atoms with Crippen LogP contribution in [0.4, 0.5) is 4.79 Å². The zero-order valence-corrected chi connectivity index (χ0v) is 13.1. The largest absolute Gasteiger partial charge is 0.418 e. The Labute approximate surface area is 136 Å². The molecule has 24 heavy (non-hydrogen) atoms. The Balaban J connectivity index is 1.98. The van der Waals surface area contributed by atoms with Gasteiger partial charge in [-0.1, -0.05) is 0 Å². The van der Waals surface area contributed by atoms with E-state index in [4.69, 9.17) is 15.4 Å². The number of carbonyl (C=O) groups excluding carboxylic acids is 3. The average Bonchev–Trinajstić information content (AvgIpc) is 2.75. The Kier molecular flexibility index (Phi) is 5.24. The molecule has 0 saturated carbocycles. The van der Waals surface area contributed by atoms with Crippen LogP contribution in [-0.4, -0.2) is 77.2 Å². The van der Waals surface area contributed by atoms with E-state index in [9.17, 15) is 22.8 Å². The molecule has 0 spiro atoms. The maximum atomic E-state index is 12.1. The van der Waals surface area contributed by atoms with E-state index in [1.165, 1.54) is 0 Å². The van der Waals surface area contributed by atoms with Crippen molar-refractivity contribution in [3.63, 3.8) is 0 Å². The standard InChI is InChI=1S/C10H17N5O8S/c11-6(4-16)8(17)12-13-9(18)7-2-1-5-3-14(7)10(19)15(5)23-24(20,21)22/h5-7,16H,1-4,11H2,(H,12,17)(H,13,18)(H,20,21,22)/t5-,6+,7-/m1/s1. The van der Waals surface area contributed by atoms with Crippen molar-refractivity contribution >= 4 is 28.2 Å². The lowest BCUT2D eigenvalue weighted by Crippen LogP contribution is -2.56. The van der Waals surface area contributed by atoms with Gasteiger partial charge in [0, 0.05) is 6.54 Å². The number of urea groups is 1. The van der Waals surface area contributed by atoms with Crippen LogP contribution in [0.15, 0.2) is 0 Å². The van der Waals surface area contributed by atoms with Gasteiger partial charge in [0.1, 0.15) is 12.1 Å². The number of piperidine rings is 1. The van der Waals surface area contributed by atoms with Crippen LogP contribution in [-0.2, 0) is 24.3 Å². The van der Waals surface area contributed by atoms with Gasteiger partial charge in [-0.15, -0.1) is 4.28 Å². The quantitative estimate of drug-likeness (QED) is 0.242. The number of amides is 4. The van der Waals surface area contributed by atoms with E-state index in [1.807, 2.05) is 5.43 Å². The van der Waals surface area contributed by atoms with Crippen LogP contribution in [0.25, 0.3) is 0 Å². The van der Waals surface area contributed by atoms with Crippen LogP contribution in [0.5, 0.6) is 0 Å². The highest BCUT2D eigenvalue weighted by atomic mass is 32.3. The number of aliphatic hydroxyl groups is 1. The predicted molar refractivity (Wildman–Crippen MR) is 74.7 cm³/mol. The number of nitrogens with two attached hydrogens (primary N) is 1. The first kappa shape index (κ1) is 18.3. The number of hydrazine groups is 1. The minimum atomic E-state index is -4.87. The molecule has 2 bridgehead atoms. The summed E-state index contributed by atoms with van der Waals surface area (Å²) in [6.07, 6.45) is 0.440. The van der Waals surface area contributed by atoms with Crippen molar-refractivity contribution in [1.29, 1.82) is 0 Å². The molecule has 2 fully saturated rings. The molecule has 0 unspecified atom stereocenters. The molecule has 0 aromatic carbocycles. The molecule has 2 saturated heterocycles. The molecular formula is C10H17N5O8S. The molecule has 13 nitrogen and oxygen atoms in total. The minimum absolute atomic E-state index is 0.0243. The number of hydrogen-bond donors (Lipinski definition) is 5. The van der Waals surface area contributed by atoms with E-state index < -0.39 is 53.0 Å². The van der Waals surface area contributed by atoms with Gasteiger partial charge in [-0.25, -0.2) is 4.79 Å². The van der Waals surface area contributed by atoms with Crippen LogP contribution in [0.3, 0.4) is 0 Å². The molecule has 2 rings (SSSR count). The molecule has 0 radical (unpaired) electrons. The molecule has 6 N–H and O–H groups in total. The number of nitrogens with zero attached hydrogens (tertiary/aromatic N) is 2. The van der Waals surface area contributed by atoms with Gasteiger partial charge in [-0.2, -0.15) is 13.5 Å². The second kappa shape index (κ2) is 6.86. The fourth-order valence-corrected chi connectivity index (χ4v) is 2.87. The molecule has 0 aliphatic carbocycles. The molecule has 2 aliphatic heterocycles. The topological polar surface area (TPSA) is 192 Å². The van der Waals surface area contributed by atoms with Gasteiger partial charge in [0.15, 0.2) is 0 Å².